The molecule has 142 valence electrons. The van der Waals surface area contributed by atoms with Crippen LogP contribution in [0.25, 0.3) is 0 Å². The first-order valence-corrected chi connectivity index (χ1v) is 9.97. The van der Waals surface area contributed by atoms with E-state index in [0.717, 1.165) is 18.1 Å². The van der Waals surface area contributed by atoms with Crippen LogP contribution in [0.2, 0.25) is 0 Å². The van der Waals surface area contributed by atoms with Gasteiger partial charge in [0, 0.05) is 42.4 Å². The summed E-state index contributed by atoms with van der Waals surface area (Å²) in [5.74, 6) is 1.92. The van der Waals surface area contributed by atoms with Crippen molar-refractivity contribution >= 4 is 40.7 Å². The van der Waals surface area contributed by atoms with Gasteiger partial charge in [0.05, 0.1) is 0 Å². The van der Waals surface area contributed by atoms with Crippen molar-refractivity contribution in [3.8, 4) is 0 Å². The number of halogens is 1. The van der Waals surface area contributed by atoms with E-state index in [2.05, 4.69) is 47.7 Å². The smallest absolute Gasteiger partial charge is 0.191 e. The molecule has 0 spiro atoms. The molecule has 2 rings (SSSR count). The molecule has 1 unspecified atom stereocenters. The monoisotopic (exact) mass is 485 g/mol. The molecule has 1 atom stereocenters. The molecular weight excluding hydrogens is 457 g/mol. The molecule has 0 aliphatic rings. The van der Waals surface area contributed by atoms with Crippen LogP contribution in [-0.4, -0.2) is 29.5 Å². The summed E-state index contributed by atoms with van der Waals surface area (Å²) >= 11 is 0. The molecule has 0 aliphatic carbocycles. The first-order chi connectivity index (χ1) is 12.1. The number of rotatable bonds is 7. The first kappa shape index (κ1) is 22.6. The minimum Gasteiger partial charge on any atom is -0.355 e. The van der Waals surface area contributed by atoms with Gasteiger partial charge in [-0.2, -0.15) is 0 Å². The molecule has 0 bridgehead atoms. The van der Waals surface area contributed by atoms with Crippen molar-refractivity contribution in [1.29, 1.82) is 0 Å². The van der Waals surface area contributed by atoms with E-state index in [4.69, 9.17) is 0 Å². The van der Waals surface area contributed by atoms with E-state index in [1.54, 1.807) is 7.05 Å². The predicted molar refractivity (Wildman–Crippen MR) is 123 cm³/mol. The quantitative estimate of drug-likeness (QED) is 0.359. The lowest BCUT2D eigenvalue weighted by Gasteiger charge is -2.13. The molecule has 0 fully saturated rings. The van der Waals surface area contributed by atoms with Crippen molar-refractivity contribution in [2.75, 3.05) is 19.3 Å². The number of hydrogen-bond donors (Lipinski definition) is 2. The Labute approximate surface area is 176 Å². The van der Waals surface area contributed by atoms with Crippen LogP contribution in [0.1, 0.15) is 22.3 Å². The number of nitrogens with zero attached hydrogens (tertiary/aromatic N) is 1. The highest BCUT2D eigenvalue weighted by molar-refractivity contribution is 14.0. The van der Waals surface area contributed by atoms with E-state index >= 15 is 0 Å². The van der Waals surface area contributed by atoms with Crippen molar-refractivity contribution < 1.29 is 4.21 Å². The lowest BCUT2D eigenvalue weighted by atomic mass is 10.1. The van der Waals surface area contributed by atoms with Gasteiger partial charge in [-0.25, -0.2) is 0 Å². The zero-order chi connectivity index (χ0) is 18.1. The molecule has 0 radical (unpaired) electrons. The first-order valence-electron chi connectivity index (χ1n) is 8.48. The molecule has 0 amide bonds. The Morgan fingerprint density at radius 1 is 1.08 bits per heavy atom. The third kappa shape index (κ3) is 7.86. The molecular formula is C20H28IN3OS. The topological polar surface area (TPSA) is 53.5 Å². The third-order valence-corrected chi connectivity index (χ3v) is 5.28. The van der Waals surface area contributed by atoms with Crippen LogP contribution in [-0.2, 0) is 23.1 Å². The SMILES string of the molecule is CN=C(NCCS(=O)Cc1ccccc1)NCc1ccc(C)cc1C.I. The number of guanidine groups is 1. The molecule has 0 saturated heterocycles. The summed E-state index contributed by atoms with van der Waals surface area (Å²) in [5.41, 5.74) is 4.90. The minimum atomic E-state index is -0.881. The van der Waals surface area contributed by atoms with E-state index in [1.165, 1.54) is 16.7 Å². The summed E-state index contributed by atoms with van der Waals surface area (Å²) in [5, 5.41) is 6.54. The Morgan fingerprint density at radius 3 is 2.46 bits per heavy atom. The summed E-state index contributed by atoms with van der Waals surface area (Å²) < 4.78 is 12.1. The summed E-state index contributed by atoms with van der Waals surface area (Å²) in [7, 11) is 0.867. The van der Waals surface area contributed by atoms with Gasteiger partial charge in [-0.3, -0.25) is 9.20 Å². The molecule has 0 heterocycles. The summed E-state index contributed by atoms with van der Waals surface area (Å²) in [6, 6.07) is 16.4. The number of benzene rings is 2. The van der Waals surface area contributed by atoms with Crippen molar-refractivity contribution in [3.05, 3.63) is 70.8 Å². The Hall–Kier alpha value is -1.41. The zero-order valence-corrected chi connectivity index (χ0v) is 18.8. The summed E-state index contributed by atoms with van der Waals surface area (Å²) in [4.78, 5) is 4.23. The minimum absolute atomic E-state index is 0. The van der Waals surface area contributed by atoms with Gasteiger partial charge in [0.1, 0.15) is 0 Å². The molecule has 2 N–H and O–H groups in total. The van der Waals surface area contributed by atoms with E-state index in [1.807, 2.05) is 30.3 Å². The number of nitrogens with one attached hydrogen (secondary N) is 2. The highest BCUT2D eigenvalue weighted by atomic mass is 127. The van der Waals surface area contributed by atoms with E-state index < -0.39 is 10.8 Å². The highest BCUT2D eigenvalue weighted by Crippen LogP contribution is 2.10. The number of hydrogen-bond acceptors (Lipinski definition) is 2. The van der Waals surface area contributed by atoms with Gasteiger partial charge in [0.25, 0.3) is 0 Å². The molecule has 2 aromatic carbocycles. The average Bonchev–Trinajstić information content (AvgIpc) is 2.60. The summed E-state index contributed by atoms with van der Waals surface area (Å²) in [6.45, 7) is 5.57. The number of aryl methyl sites for hydroxylation is 2. The highest BCUT2D eigenvalue weighted by Gasteiger charge is 2.04. The second-order valence-corrected chi connectivity index (χ2v) is 7.63. The zero-order valence-electron chi connectivity index (χ0n) is 15.6. The van der Waals surface area contributed by atoms with Crippen LogP contribution < -0.4 is 10.6 Å². The predicted octanol–water partition coefficient (Wildman–Crippen LogP) is 3.54. The fraction of sp³-hybridized carbons (Fsp3) is 0.350. The number of aliphatic imine (C=N–C) groups is 1. The molecule has 2 aromatic rings. The molecule has 0 aliphatic heterocycles. The van der Waals surface area contributed by atoms with Gasteiger partial charge in [0.15, 0.2) is 5.96 Å². The van der Waals surface area contributed by atoms with Crippen LogP contribution in [0, 0.1) is 13.8 Å². The fourth-order valence-electron chi connectivity index (χ4n) is 2.56. The second kappa shape index (κ2) is 12.1. The average molecular weight is 485 g/mol. The summed E-state index contributed by atoms with van der Waals surface area (Å²) in [6.07, 6.45) is 0. The maximum Gasteiger partial charge on any atom is 0.191 e. The van der Waals surface area contributed by atoms with E-state index in [-0.39, 0.29) is 24.0 Å². The van der Waals surface area contributed by atoms with Crippen LogP contribution in [0.15, 0.2) is 53.5 Å². The van der Waals surface area contributed by atoms with Gasteiger partial charge in [-0.1, -0.05) is 54.1 Å². The van der Waals surface area contributed by atoms with Crippen molar-refractivity contribution in [2.24, 2.45) is 4.99 Å². The second-order valence-electron chi connectivity index (χ2n) is 6.06. The standard InChI is InChI=1S/C20H27N3OS.HI/c1-16-9-10-19(17(2)13-16)14-23-20(21-3)22-11-12-25(24)15-18-7-5-4-6-8-18;/h4-10,13H,11-12,14-15H2,1-3H3,(H2,21,22,23);1H. The fourth-order valence-corrected chi connectivity index (χ4v) is 3.60. The van der Waals surface area contributed by atoms with Gasteiger partial charge >= 0.3 is 0 Å². The third-order valence-electron chi connectivity index (χ3n) is 3.96. The maximum atomic E-state index is 12.1. The molecule has 0 saturated carbocycles. The Balaban J connectivity index is 0.00000338. The van der Waals surface area contributed by atoms with Gasteiger partial charge in [-0.05, 0) is 30.5 Å². The van der Waals surface area contributed by atoms with Gasteiger partial charge < -0.3 is 10.6 Å². The molecule has 6 heteroatoms. The Kier molecular flexibility index (Phi) is 10.5. The van der Waals surface area contributed by atoms with Crippen LogP contribution in [0.3, 0.4) is 0 Å². The lowest BCUT2D eigenvalue weighted by molar-refractivity contribution is 0.680. The largest absolute Gasteiger partial charge is 0.355 e. The van der Waals surface area contributed by atoms with E-state index in [9.17, 15) is 4.21 Å². The van der Waals surface area contributed by atoms with Gasteiger partial charge in [-0.15, -0.1) is 24.0 Å². The van der Waals surface area contributed by atoms with Crippen molar-refractivity contribution in [3.63, 3.8) is 0 Å². The lowest BCUT2D eigenvalue weighted by Crippen LogP contribution is -2.38. The molecule has 4 nitrogen and oxygen atoms in total. The van der Waals surface area contributed by atoms with Crippen LogP contribution in [0.5, 0.6) is 0 Å². The Morgan fingerprint density at radius 2 is 1.81 bits per heavy atom. The van der Waals surface area contributed by atoms with Crippen molar-refractivity contribution in [2.45, 2.75) is 26.1 Å². The molecule has 26 heavy (non-hydrogen) atoms. The van der Waals surface area contributed by atoms with Crippen LogP contribution >= 0.6 is 24.0 Å². The Bertz CT molecular complexity index is 735. The normalized spacial score (nSPS) is 12.2. The van der Waals surface area contributed by atoms with Gasteiger partial charge in [0.2, 0.25) is 0 Å². The molecule has 0 aromatic heterocycles. The van der Waals surface area contributed by atoms with Crippen LogP contribution in [0.4, 0.5) is 0 Å². The van der Waals surface area contributed by atoms with E-state index in [0.29, 0.717) is 18.1 Å². The maximum absolute atomic E-state index is 12.1. The van der Waals surface area contributed by atoms with Crippen molar-refractivity contribution in [1.82, 2.24) is 10.6 Å².